The van der Waals surface area contributed by atoms with Crippen LogP contribution in [0.4, 0.5) is 0 Å². The van der Waals surface area contributed by atoms with E-state index in [1.54, 1.807) is 20.2 Å². The van der Waals surface area contributed by atoms with Crippen molar-refractivity contribution in [2.45, 2.75) is 0 Å². The van der Waals surface area contributed by atoms with Crippen LogP contribution in [0.3, 0.4) is 0 Å². The lowest BCUT2D eigenvalue weighted by Gasteiger charge is -2.02. The van der Waals surface area contributed by atoms with Crippen molar-refractivity contribution in [1.29, 1.82) is 0 Å². The minimum Gasteiger partial charge on any atom is -0.497 e. The smallest absolute Gasteiger partial charge is 0.350 e. The molecule has 0 spiro atoms. The lowest BCUT2D eigenvalue weighted by atomic mass is 10.2. The number of nitrogens with zero attached hydrogens (tertiary/aromatic N) is 3. The van der Waals surface area contributed by atoms with Crippen LogP contribution in [0, 0.1) is 0 Å². The van der Waals surface area contributed by atoms with Crippen LogP contribution in [0.25, 0.3) is 17.1 Å². The Hall–Kier alpha value is -2.82. The molecule has 0 fully saturated rings. The molecule has 0 aliphatic heterocycles. The second kappa shape index (κ2) is 5.28. The summed E-state index contributed by atoms with van der Waals surface area (Å²) in [6, 6.07) is 16.9. The average molecular weight is 281 g/mol. The molecular formula is C16H15N3O2. The van der Waals surface area contributed by atoms with Crippen molar-refractivity contribution in [1.82, 2.24) is 14.3 Å². The maximum absolute atomic E-state index is 12.4. The van der Waals surface area contributed by atoms with E-state index in [1.807, 2.05) is 48.5 Å². The number of ether oxygens (including phenoxy) is 1. The van der Waals surface area contributed by atoms with Gasteiger partial charge in [0.1, 0.15) is 5.75 Å². The third-order valence-electron chi connectivity index (χ3n) is 3.31. The van der Waals surface area contributed by atoms with Crippen molar-refractivity contribution in [3.05, 3.63) is 65.1 Å². The van der Waals surface area contributed by atoms with E-state index in [2.05, 4.69) is 5.10 Å². The molecule has 3 rings (SSSR count). The summed E-state index contributed by atoms with van der Waals surface area (Å²) in [7, 11) is 3.31. The summed E-state index contributed by atoms with van der Waals surface area (Å²) in [5.74, 6) is 1.31. The molecule has 0 saturated carbocycles. The Kier molecular flexibility index (Phi) is 3.31. The number of rotatable bonds is 3. The van der Waals surface area contributed by atoms with Crippen LogP contribution in [0.15, 0.2) is 59.4 Å². The monoisotopic (exact) mass is 281 g/mol. The van der Waals surface area contributed by atoms with Gasteiger partial charge in [0.15, 0.2) is 5.82 Å². The summed E-state index contributed by atoms with van der Waals surface area (Å²) in [5, 5.41) is 4.44. The number of hydrogen-bond donors (Lipinski definition) is 0. The van der Waals surface area contributed by atoms with E-state index in [-0.39, 0.29) is 5.69 Å². The van der Waals surface area contributed by atoms with Crippen LogP contribution in [0.1, 0.15) is 0 Å². The van der Waals surface area contributed by atoms with Gasteiger partial charge in [0.05, 0.1) is 12.8 Å². The fourth-order valence-corrected chi connectivity index (χ4v) is 2.19. The Bertz CT molecular complexity index is 819. The quantitative estimate of drug-likeness (QED) is 0.740. The Morgan fingerprint density at radius 1 is 1.05 bits per heavy atom. The summed E-state index contributed by atoms with van der Waals surface area (Å²) >= 11 is 0. The van der Waals surface area contributed by atoms with Gasteiger partial charge in [-0.25, -0.2) is 4.79 Å². The van der Waals surface area contributed by atoms with Gasteiger partial charge in [0, 0.05) is 18.7 Å². The van der Waals surface area contributed by atoms with Crippen molar-refractivity contribution >= 4 is 0 Å². The molecule has 1 heterocycles. The first-order valence-corrected chi connectivity index (χ1v) is 6.56. The third kappa shape index (κ3) is 2.33. The topological polar surface area (TPSA) is 49.0 Å². The van der Waals surface area contributed by atoms with E-state index in [9.17, 15) is 4.79 Å². The zero-order valence-corrected chi connectivity index (χ0v) is 11.9. The van der Waals surface area contributed by atoms with Gasteiger partial charge in [-0.05, 0) is 12.1 Å². The zero-order valence-electron chi connectivity index (χ0n) is 11.9. The molecule has 0 atom stereocenters. The van der Waals surface area contributed by atoms with Gasteiger partial charge in [-0.15, -0.1) is 5.10 Å². The summed E-state index contributed by atoms with van der Waals surface area (Å²) in [4.78, 5) is 12.4. The second-order valence-corrected chi connectivity index (χ2v) is 4.64. The predicted molar refractivity (Wildman–Crippen MR) is 80.8 cm³/mol. The molecule has 3 aromatic rings. The maximum Gasteiger partial charge on any atom is 0.350 e. The van der Waals surface area contributed by atoms with E-state index in [0.717, 1.165) is 5.56 Å². The van der Waals surface area contributed by atoms with Gasteiger partial charge in [0.2, 0.25) is 0 Å². The zero-order chi connectivity index (χ0) is 14.8. The molecule has 0 bridgehead atoms. The lowest BCUT2D eigenvalue weighted by molar-refractivity contribution is 0.414. The fraction of sp³-hybridized carbons (Fsp3) is 0.125. The largest absolute Gasteiger partial charge is 0.497 e. The highest BCUT2D eigenvalue weighted by Gasteiger charge is 2.13. The highest BCUT2D eigenvalue weighted by Crippen LogP contribution is 2.18. The van der Waals surface area contributed by atoms with Crippen molar-refractivity contribution in [3.63, 3.8) is 0 Å². The maximum atomic E-state index is 12.4. The molecule has 0 aliphatic rings. The number of benzene rings is 2. The molecule has 5 nitrogen and oxygen atoms in total. The molecule has 2 aromatic carbocycles. The Labute approximate surface area is 122 Å². The van der Waals surface area contributed by atoms with Crippen molar-refractivity contribution in [2.24, 2.45) is 7.05 Å². The minimum atomic E-state index is -0.192. The van der Waals surface area contributed by atoms with Gasteiger partial charge >= 0.3 is 5.69 Å². The number of hydrogen-bond acceptors (Lipinski definition) is 3. The van der Waals surface area contributed by atoms with Gasteiger partial charge < -0.3 is 4.74 Å². The van der Waals surface area contributed by atoms with Gasteiger partial charge in [-0.1, -0.05) is 36.4 Å². The molecule has 0 N–H and O–H groups in total. The first kappa shape index (κ1) is 13.2. The van der Waals surface area contributed by atoms with E-state index < -0.39 is 0 Å². The second-order valence-electron chi connectivity index (χ2n) is 4.64. The van der Waals surface area contributed by atoms with E-state index >= 15 is 0 Å². The highest BCUT2D eigenvalue weighted by atomic mass is 16.5. The number of methoxy groups -OCH3 is 1. The fourth-order valence-electron chi connectivity index (χ4n) is 2.19. The molecular weight excluding hydrogens is 266 g/mol. The van der Waals surface area contributed by atoms with Crippen LogP contribution in [-0.2, 0) is 7.05 Å². The summed E-state index contributed by atoms with van der Waals surface area (Å²) in [6.45, 7) is 0. The molecule has 0 aliphatic carbocycles. The van der Waals surface area contributed by atoms with Gasteiger partial charge in [0.25, 0.3) is 0 Å². The van der Waals surface area contributed by atoms with Crippen LogP contribution in [0.2, 0.25) is 0 Å². The predicted octanol–water partition coefficient (Wildman–Crippen LogP) is 2.25. The molecule has 106 valence electrons. The van der Waals surface area contributed by atoms with Crippen molar-refractivity contribution < 1.29 is 4.74 Å². The summed E-state index contributed by atoms with van der Waals surface area (Å²) < 4.78 is 8.10. The lowest BCUT2D eigenvalue weighted by Crippen LogP contribution is -2.21. The molecule has 21 heavy (non-hydrogen) atoms. The standard InChI is InChI=1S/C16H15N3O2/c1-18-15(12-7-4-3-5-8-12)17-19(16(18)20)13-9-6-10-14(11-13)21-2/h3-11H,1-2H3. The molecule has 0 amide bonds. The SMILES string of the molecule is COc1cccc(-n2nc(-c3ccccc3)n(C)c2=O)c1. The van der Waals surface area contributed by atoms with E-state index in [0.29, 0.717) is 17.3 Å². The Morgan fingerprint density at radius 2 is 1.81 bits per heavy atom. The molecule has 5 heteroatoms. The first-order chi connectivity index (χ1) is 10.2. The van der Waals surface area contributed by atoms with Crippen molar-refractivity contribution in [2.75, 3.05) is 7.11 Å². The van der Waals surface area contributed by atoms with Gasteiger partial charge in [-0.2, -0.15) is 4.68 Å². The summed E-state index contributed by atoms with van der Waals surface area (Å²) in [5.41, 5.74) is 1.39. The molecule has 0 saturated heterocycles. The van der Waals surface area contributed by atoms with Gasteiger partial charge in [-0.3, -0.25) is 4.57 Å². The normalized spacial score (nSPS) is 10.6. The highest BCUT2D eigenvalue weighted by molar-refractivity contribution is 5.55. The van der Waals surface area contributed by atoms with Crippen LogP contribution >= 0.6 is 0 Å². The van der Waals surface area contributed by atoms with Crippen LogP contribution < -0.4 is 10.4 Å². The molecule has 1 aromatic heterocycles. The van der Waals surface area contributed by atoms with E-state index in [4.69, 9.17) is 4.74 Å². The Morgan fingerprint density at radius 3 is 2.52 bits per heavy atom. The number of aromatic nitrogens is 3. The van der Waals surface area contributed by atoms with Crippen molar-refractivity contribution in [3.8, 4) is 22.8 Å². The summed E-state index contributed by atoms with van der Waals surface area (Å²) in [6.07, 6.45) is 0. The third-order valence-corrected chi connectivity index (χ3v) is 3.31. The average Bonchev–Trinajstić information content (AvgIpc) is 2.84. The Balaban J connectivity index is 2.15. The molecule has 0 radical (unpaired) electrons. The minimum absolute atomic E-state index is 0.192. The van der Waals surface area contributed by atoms with Crippen LogP contribution in [-0.4, -0.2) is 21.5 Å². The van der Waals surface area contributed by atoms with E-state index in [1.165, 1.54) is 9.25 Å². The first-order valence-electron chi connectivity index (χ1n) is 6.56. The van der Waals surface area contributed by atoms with Crippen LogP contribution in [0.5, 0.6) is 5.75 Å². The molecule has 0 unspecified atom stereocenters.